The zero-order valence-corrected chi connectivity index (χ0v) is 23.2. The first-order valence-corrected chi connectivity index (χ1v) is 13.9. The summed E-state index contributed by atoms with van der Waals surface area (Å²) in [6.45, 7) is 7.17. The lowest BCUT2D eigenvalue weighted by Crippen LogP contribution is -2.29. The van der Waals surface area contributed by atoms with Gasteiger partial charge in [-0.3, -0.25) is 9.59 Å². The minimum absolute atomic E-state index is 0.0406. The predicted molar refractivity (Wildman–Crippen MR) is 153 cm³/mol. The number of amides is 1. The summed E-state index contributed by atoms with van der Waals surface area (Å²) in [6.07, 6.45) is 2.66. The Morgan fingerprint density at radius 3 is 2.55 bits per heavy atom. The second kappa shape index (κ2) is 11.9. The number of fused-ring (bicyclic) bond motifs is 1. The molecule has 5 rings (SSSR count). The van der Waals surface area contributed by atoms with E-state index in [1.807, 2.05) is 68.4 Å². The molecule has 2 aliphatic rings. The Morgan fingerprint density at radius 2 is 1.80 bits per heavy atom. The number of carbonyl (C=O) groups excluding carboxylic acids is 2. The van der Waals surface area contributed by atoms with Crippen molar-refractivity contribution in [1.82, 2.24) is 4.90 Å². The molecule has 1 N–H and O–H groups in total. The van der Waals surface area contributed by atoms with Crippen LogP contribution >= 0.6 is 0 Å². The molecule has 7 heteroatoms. The number of hydrogen-bond acceptors (Lipinski definition) is 6. The van der Waals surface area contributed by atoms with Gasteiger partial charge < -0.3 is 24.2 Å². The summed E-state index contributed by atoms with van der Waals surface area (Å²) in [5, 5.41) is 11.6. The minimum Gasteiger partial charge on any atom is -0.507 e. The Morgan fingerprint density at radius 1 is 1.00 bits per heavy atom. The van der Waals surface area contributed by atoms with Gasteiger partial charge in [-0.25, -0.2) is 0 Å². The van der Waals surface area contributed by atoms with Crippen LogP contribution in [0.25, 0.3) is 5.76 Å². The quantitative estimate of drug-likeness (QED) is 0.142. The van der Waals surface area contributed by atoms with Crippen LogP contribution < -0.4 is 14.2 Å². The van der Waals surface area contributed by atoms with E-state index in [9.17, 15) is 14.7 Å². The highest BCUT2D eigenvalue weighted by atomic mass is 16.5. The molecule has 3 aromatic carbocycles. The predicted octanol–water partition coefficient (Wildman–Crippen LogP) is 6.21. The summed E-state index contributed by atoms with van der Waals surface area (Å²) >= 11 is 0. The van der Waals surface area contributed by atoms with Gasteiger partial charge in [0.05, 0.1) is 24.8 Å². The Kier molecular flexibility index (Phi) is 8.10. The van der Waals surface area contributed by atoms with Crippen molar-refractivity contribution in [2.45, 2.75) is 58.7 Å². The van der Waals surface area contributed by atoms with Crippen molar-refractivity contribution in [3.63, 3.8) is 0 Å². The van der Waals surface area contributed by atoms with Crippen LogP contribution in [0.15, 0.2) is 72.3 Å². The molecule has 1 fully saturated rings. The first-order chi connectivity index (χ1) is 19.4. The molecule has 0 spiro atoms. The molecule has 2 aliphatic heterocycles. The maximum Gasteiger partial charge on any atom is 0.295 e. The third kappa shape index (κ3) is 5.41. The van der Waals surface area contributed by atoms with Crippen LogP contribution in [0.4, 0.5) is 0 Å². The summed E-state index contributed by atoms with van der Waals surface area (Å²) in [5.41, 5.74) is 3.01. The maximum absolute atomic E-state index is 13.6. The van der Waals surface area contributed by atoms with E-state index in [1.165, 1.54) is 4.90 Å². The summed E-state index contributed by atoms with van der Waals surface area (Å²) in [6, 6.07) is 19.5. The molecular weight excluding hydrogens is 506 g/mol. The van der Waals surface area contributed by atoms with Crippen molar-refractivity contribution in [3.05, 3.63) is 94.6 Å². The van der Waals surface area contributed by atoms with E-state index in [4.69, 9.17) is 14.2 Å². The summed E-state index contributed by atoms with van der Waals surface area (Å²) in [4.78, 5) is 28.5. The average Bonchev–Trinajstić information content (AvgIpc) is 3.45. The number of rotatable bonds is 10. The molecule has 3 aromatic rings. The Labute approximate surface area is 235 Å². The SMILES string of the molecule is CCCCOc1ccc([C@@H]2C(=C(O)c3ccc4c(c3)C[C@@H](C)O4)C(=O)C(=O)N2Cc2ccccc2)cc1OCC. The number of ether oxygens (including phenoxy) is 3. The lowest BCUT2D eigenvalue weighted by Gasteiger charge is -2.26. The van der Waals surface area contributed by atoms with E-state index in [2.05, 4.69) is 6.92 Å². The zero-order valence-electron chi connectivity index (χ0n) is 23.2. The number of Topliss-reactive ketones (excluding diaryl/α,β-unsaturated/α-hetero) is 1. The van der Waals surface area contributed by atoms with Gasteiger partial charge in [0, 0.05) is 18.5 Å². The fraction of sp³-hybridized carbons (Fsp3) is 0.333. The van der Waals surface area contributed by atoms with Gasteiger partial charge in [-0.2, -0.15) is 0 Å². The topological polar surface area (TPSA) is 85.3 Å². The molecule has 2 heterocycles. The van der Waals surface area contributed by atoms with Gasteiger partial charge in [0.1, 0.15) is 17.6 Å². The number of aliphatic hydroxyl groups excluding tert-OH is 1. The molecular formula is C33H35NO6. The van der Waals surface area contributed by atoms with E-state index in [1.54, 1.807) is 12.1 Å². The second-order valence-electron chi connectivity index (χ2n) is 10.2. The molecule has 7 nitrogen and oxygen atoms in total. The molecule has 0 saturated carbocycles. The van der Waals surface area contributed by atoms with E-state index in [0.717, 1.165) is 29.7 Å². The maximum atomic E-state index is 13.6. The molecule has 0 aliphatic carbocycles. The smallest absolute Gasteiger partial charge is 0.295 e. The zero-order chi connectivity index (χ0) is 28.2. The van der Waals surface area contributed by atoms with Gasteiger partial charge in [0.2, 0.25) is 0 Å². The van der Waals surface area contributed by atoms with E-state index in [0.29, 0.717) is 42.3 Å². The molecule has 1 saturated heterocycles. The summed E-state index contributed by atoms with van der Waals surface area (Å²) < 4.78 is 17.7. The number of likely N-dealkylation sites (tertiary alicyclic amines) is 1. The number of unbranched alkanes of at least 4 members (excludes halogenated alkanes) is 1. The normalized spacial score (nSPS) is 19.4. The number of nitrogens with zero attached hydrogens (tertiary/aromatic N) is 1. The number of benzene rings is 3. The molecule has 0 aromatic heterocycles. The fourth-order valence-corrected chi connectivity index (χ4v) is 5.30. The van der Waals surface area contributed by atoms with Gasteiger partial charge in [-0.1, -0.05) is 49.7 Å². The molecule has 1 amide bonds. The Bertz CT molecular complexity index is 1430. The third-order valence-corrected chi connectivity index (χ3v) is 7.24. The number of aliphatic hydroxyl groups is 1. The Hall–Kier alpha value is -4.26. The molecule has 0 unspecified atom stereocenters. The van der Waals surface area contributed by atoms with Crippen LogP contribution in [0, 0.1) is 0 Å². The van der Waals surface area contributed by atoms with Crippen LogP contribution in [0.5, 0.6) is 17.2 Å². The fourth-order valence-electron chi connectivity index (χ4n) is 5.30. The van der Waals surface area contributed by atoms with Crippen molar-refractivity contribution in [1.29, 1.82) is 0 Å². The van der Waals surface area contributed by atoms with Gasteiger partial charge in [0.15, 0.2) is 11.5 Å². The van der Waals surface area contributed by atoms with Crippen LogP contribution in [0.3, 0.4) is 0 Å². The van der Waals surface area contributed by atoms with Crippen molar-refractivity contribution in [2.24, 2.45) is 0 Å². The monoisotopic (exact) mass is 541 g/mol. The summed E-state index contributed by atoms with van der Waals surface area (Å²) in [7, 11) is 0. The highest BCUT2D eigenvalue weighted by Crippen LogP contribution is 2.43. The number of hydrogen-bond donors (Lipinski definition) is 1. The van der Waals surface area contributed by atoms with E-state index >= 15 is 0 Å². The second-order valence-corrected chi connectivity index (χ2v) is 10.2. The summed E-state index contributed by atoms with van der Waals surface area (Å²) in [5.74, 6) is 0.323. The van der Waals surface area contributed by atoms with E-state index < -0.39 is 17.7 Å². The van der Waals surface area contributed by atoms with Crippen LogP contribution in [0.1, 0.15) is 61.9 Å². The molecule has 40 heavy (non-hydrogen) atoms. The van der Waals surface area contributed by atoms with Gasteiger partial charge in [-0.15, -0.1) is 0 Å². The standard InChI is InChI=1S/C33H35NO6/c1-4-6-16-39-27-15-12-23(19-28(27)38-5-2)30-29(31(35)24-13-14-26-25(18-24)17-21(3)40-26)32(36)33(37)34(30)20-22-10-8-7-9-11-22/h7-15,18-19,21,30,35H,4-6,16-17,20H2,1-3H3/t21-,30-/m1/s1. The van der Waals surface area contributed by atoms with Gasteiger partial charge in [-0.05, 0) is 67.3 Å². The highest BCUT2D eigenvalue weighted by molar-refractivity contribution is 6.46. The van der Waals surface area contributed by atoms with Gasteiger partial charge >= 0.3 is 0 Å². The average molecular weight is 542 g/mol. The molecule has 0 radical (unpaired) electrons. The van der Waals surface area contributed by atoms with Crippen LogP contribution in [-0.4, -0.2) is 41.0 Å². The number of carbonyl (C=O) groups is 2. The van der Waals surface area contributed by atoms with Crippen molar-refractivity contribution < 1.29 is 28.9 Å². The first kappa shape index (κ1) is 27.3. The molecule has 2 atom stereocenters. The highest BCUT2D eigenvalue weighted by Gasteiger charge is 2.46. The van der Waals surface area contributed by atoms with Crippen molar-refractivity contribution in [2.75, 3.05) is 13.2 Å². The van der Waals surface area contributed by atoms with Gasteiger partial charge in [0.25, 0.3) is 11.7 Å². The lowest BCUT2D eigenvalue weighted by molar-refractivity contribution is -0.140. The molecule has 0 bridgehead atoms. The van der Waals surface area contributed by atoms with Crippen molar-refractivity contribution >= 4 is 17.4 Å². The molecule has 208 valence electrons. The van der Waals surface area contributed by atoms with Crippen LogP contribution in [-0.2, 0) is 22.6 Å². The largest absolute Gasteiger partial charge is 0.507 e. The van der Waals surface area contributed by atoms with Crippen molar-refractivity contribution in [3.8, 4) is 17.2 Å². The lowest BCUT2D eigenvalue weighted by atomic mass is 9.94. The minimum atomic E-state index is -0.812. The van der Waals surface area contributed by atoms with Crippen LogP contribution in [0.2, 0.25) is 0 Å². The number of ketones is 1. The Balaban J connectivity index is 1.61. The first-order valence-electron chi connectivity index (χ1n) is 13.9. The third-order valence-electron chi connectivity index (χ3n) is 7.24. The van der Waals surface area contributed by atoms with E-state index in [-0.39, 0.29) is 24.0 Å².